The van der Waals surface area contributed by atoms with Gasteiger partial charge >= 0.3 is 5.97 Å². The van der Waals surface area contributed by atoms with Crippen molar-refractivity contribution < 1.29 is 14.3 Å². The number of fused-ring (bicyclic) bond motifs is 2. The molecule has 0 spiro atoms. The largest absolute Gasteiger partial charge is 0.452 e. The fraction of sp³-hybridized carbons (Fsp3) is 0.609. The van der Waals surface area contributed by atoms with E-state index in [-0.39, 0.29) is 22.0 Å². The maximum absolute atomic E-state index is 12.7. The zero-order valence-electron chi connectivity index (χ0n) is 18.4. The zero-order chi connectivity index (χ0) is 22.4. The van der Waals surface area contributed by atoms with Gasteiger partial charge in [0.2, 0.25) is 0 Å². The van der Waals surface area contributed by atoms with E-state index in [1.54, 1.807) is 6.07 Å². The minimum atomic E-state index is -0.688. The summed E-state index contributed by atoms with van der Waals surface area (Å²) in [5.74, 6) is -0.248. The van der Waals surface area contributed by atoms with Crippen molar-refractivity contribution >= 4 is 29.4 Å². The first kappa shape index (κ1) is 21.8. The van der Waals surface area contributed by atoms with E-state index in [0.717, 1.165) is 37.1 Å². The van der Waals surface area contributed by atoms with Gasteiger partial charge < -0.3 is 4.74 Å². The Balaban J connectivity index is 1.41. The van der Waals surface area contributed by atoms with Crippen molar-refractivity contribution in [2.75, 3.05) is 12.9 Å². The summed E-state index contributed by atoms with van der Waals surface area (Å²) >= 11 is 1.32. The van der Waals surface area contributed by atoms with Gasteiger partial charge in [0.1, 0.15) is 11.1 Å². The molecule has 2 unspecified atom stereocenters. The summed E-state index contributed by atoms with van der Waals surface area (Å²) in [6, 6.07) is 3.69. The Labute approximate surface area is 187 Å². The lowest BCUT2D eigenvalue weighted by Gasteiger charge is -2.34. The van der Waals surface area contributed by atoms with Crippen LogP contribution in [0.5, 0.6) is 0 Å². The molecule has 1 heterocycles. The standard InChI is InChI=1S/C23H28N4O3S/c1-22(2)14-7-8-23(22,3)18(9-14)26-27-19(28)12-30-21(29)15-10-17(13-5-6-13)25-20(31-4)16(15)11-24/h10,13-14H,5-9,12H2,1-4H3,(H,27,28). The molecule has 1 amide bonds. The molecule has 3 saturated carbocycles. The molecular weight excluding hydrogens is 412 g/mol. The average molecular weight is 441 g/mol. The summed E-state index contributed by atoms with van der Waals surface area (Å²) in [5.41, 5.74) is 4.92. The lowest BCUT2D eigenvalue weighted by atomic mass is 9.70. The first-order valence-corrected chi connectivity index (χ1v) is 12.0. The highest BCUT2D eigenvalue weighted by molar-refractivity contribution is 7.98. The third kappa shape index (κ3) is 3.73. The molecule has 2 bridgehead atoms. The first-order valence-electron chi connectivity index (χ1n) is 10.7. The van der Waals surface area contributed by atoms with Gasteiger partial charge in [0.25, 0.3) is 5.91 Å². The fourth-order valence-corrected chi connectivity index (χ4v) is 5.57. The predicted octanol–water partition coefficient (Wildman–Crippen LogP) is 4.03. The quantitative estimate of drug-likeness (QED) is 0.407. The van der Waals surface area contributed by atoms with Crippen LogP contribution in [-0.4, -0.2) is 35.4 Å². The molecule has 3 aliphatic carbocycles. The maximum Gasteiger partial charge on any atom is 0.340 e. The molecule has 8 heteroatoms. The molecule has 1 N–H and O–H groups in total. The number of carbonyl (C=O) groups excluding carboxylic acids is 2. The van der Waals surface area contributed by atoms with Crippen molar-refractivity contribution in [3.05, 3.63) is 22.9 Å². The first-order chi connectivity index (χ1) is 14.7. The Morgan fingerprint density at radius 1 is 1.35 bits per heavy atom. The van der Waals surface area contributed by atoms with Gasteiger partial charge in [0.15, 0.2) is 6.61 Å². The zero-order valence-corrected chi connectivity index (χ0v) is 19.3. The van der Waals surface area contributed by atoms with Crippen molar-refractivity contribution in [2.45, 2.75) is 63.8 Å². The molecule has 3 aliphatic rings. The van der Waals surface area contributed by atoms with E-state index in [4.69, 9.17) is 4.74 Å². The van der Waals surface area contributed by atoms with Crippen LogP contribution < -0.4 is 5.43 Å². The molecule has 2 atom stereocenters. The van der Waals surface area contributed by atoms with Crippen LogP contribution in [0.4, 0.5) is 0 Å². The summed E-state index contributed by atoms with van der Waals surface area (Å²) in [5, 5.41) is 14.4. The van der Waals surface area contributed by atoms with Gasteiger partial charge in [-0.1, -0.05) is 20.8 Å². The number of esters is 1. The summed E-state index contributed by atoms with van der Waals surface area (Å²) in [4.78, 5) is 29.5. The number of pyridine rings is 1. The SMILES string of the molecule is CSc1nc(C2CC2)cc(C(=O)OCC(=O)NN=C2CC3CCC2(C)C3(C)C)c1C#N. The van der Waals surface area contributed by atoms with Crippen LogP contribution in [0.1, 0.15) is 80.4 Å². The van der Waals surface area contributed by atoms with E-state index in [1.165, 1.54) is 18.2 Å². The molecular formula is C23H28N4O3S. The Bertz CT molecular complexity index is 1010. The Hall–Kier alpha value is -2.40. The van der Waals surface area contributed by atoms with Crippen LogP contribution in [-0.2, 0) is 9.53 Å². The second kappa shape index (κ2) is 7.94. The smallest absolute Gasteiger partial charge is 0.340 e. The van der Waals surface area contributed by atoms with E-state index in [1.807, 2.05) is 6.26 Å². The van der Waals surface area contributed by atoms with E-state index >= 15 is 0 Å². The number of thioether (sulfide) groups is 1. The molecule has 0 radical (unpaired) electrons. The summed E-state index contributed by atoms with van der Waals surface area (Å²) < 4.78 is 5.22. The van der Waals surface area contributed by atoms with E-state index in [0.29, 0.717) is 16.9 Å². The third-order valence-corrected chi connectivity index (χ3v) is 8.37. The number of carbonyl (C=O) groups is 2. The lowest BCUT2D eigenvalue weighted by Crippen LogP contribution is -2.35. The van der Waals surface area contributed by atoms with Crippen molar-refractivity contribution in [2.24, 2.45) is 21.8 Å². The summed E-state index contributed by atoms with van der Waals surface area (Å²) in [6.45, 7) is 6.33. The number of hydrogen-bond acceptors (Lipinski definition) is 7. The van der Waals surface area contributed by atoms with Crippen molar-refractivity contribution in [1.82, 2.24) is 10.4 Å². The van der Waals surface area contributed by atoms with Crippen LogP contribution >= 0.6 is 11.8 Å². The highest BCUT2D eigenvalue weighted by Crippen LogP contribution is 2.63. The molecule has 164 valence electrons. The van der Waals surface area contributed by atoms with Gasteiger partial charge in [0, 0.05) is 22.7 Å². The molecule has 4 rings (SSSR count). The molecule has 1 aromatic heterocycles. The number of aromatic nitrogens is 1. The molecule has 7 nitrogen and oxygen atoms in total. The Kier molecular flexibility index (Phi) is 5.59. The minimum absolute atomic E-state index is 0.00616. The number of hydrazone groups is 1. The van der Waals surface area contributed by atoms with Gasteiger partial charge in [-0.05, 0) is 55.8 Å². The van der Waals surface area contributed by atoms with E-state index in [9.17, 15) is 14.9 Å². The summed E-state index contributed by atoms with van der Waals surface area (Å²) in [7, 11) is 0. The number of hydrogen-bond donors (Lipinski definition) is 1. The maximum atomic E-state index is 12.7. The van der Waals surface area contributed by atoms with Gasteiger partial charge in [0.05, 0.1) is 11.1 Å². The van der Waals surface area contributed by atoms with E-state index < -0.39 is 18.5 Å². The topological polar surface area (TPSA) is 104 Å². The molecule has 0 aromatic carbocycles. The molecule has 0 aliphatic heterocycles. The van der Waals surface area contributed by atoms with Gasteiger partial charge in [-0.25, -0.2) is 15.2 Å². The third-order valence-electron chi connectivity index (χ3n) is 7.69. The van der Waals surface area contributed by atoms with Crippen LogP contribution in [0, 0.1) is 28.1 Å². The number of amides is 1. The minimum Gasteiger partial charge on any atom is -0.452 e. The second-order valence-electron chi connectivity index (χ2n) is 9.53. The van der Waals surface area contributed by atoms with Crippen LogP contribution in [0.3, 0.4) is 0 Å². The molecule has 0 saturated heterocycles. The molecule has 1 aromatic rings. The number of nitriles is 1. The van der Waals surface area contributed by atoms with Crippen molar-refractivity contribution in [1.29, 1.82) is 5.26 Å². The second-order valence-corrected chi connectivity index (χ2v) is 10.3. The monoisotopic (exact) mass is 440 g/mol. The number of nitrogens with one attached hydrogen (secondary N) is 1. The number of rotatable bonds is 6. The normalized spacial score (nSPS) is 27.2. The fourth-order valence-electron chi connectivity index (χ4n) is 5.01. The van der Waals surface area contributed by atoms with Crippen LogP contribution in [0.25, 0.3) is 0 Å². The highest BCUT2D eigenvalue weighted by atomic mass is 32.2. The lowest BCUT2D eigenvalue weighted by molar-refractivity contribution is -0.124. The van der Waals surface area contributed by atoms with Crippen molar-refractivity contribution in [3.63, 3.8) is 0 Å². The highest BCUT2D eigenvalue weighted by Gasteiger charge is 2.60. The predicted molar refractivity (Wildman–Crippen MR) is 118 cm³/mol. The Morgan fingerprint density at radius 3 is 2.65 bits per heavy atom. The van der Waals surface area contributed by atoms with Gasteiger partial charge in [-0.15, -0.1) is 11.8 Å². The number of nitrogens with zero attached hydrogens (tertiary/aromatic N) is 3. The van der Waals surface area contributed by atoms with Crippen molar-refractivity contribution in [3.8, 4) is 6.07 Å². The summed E-state index contributed by atoms with van der Waals surface area (Å²) in [6.07, 6.45) is 7.05. The average Bonchev–Trinajstić information content (AvgIpc) is 3.55. The molecule has 3 fully saturated rings. The Morgan fingerprint density at radius 2 is 2.10 bits per heavy atom. The van der Waals surface area contributed by atoms with Crippen LogP contribution in [0.2, 0.25) is 0 Å². The van der Waals surface area contributed by atoms with Gasteiger partial charge in [-0.3, -0.25) is 4.79 Å². The number of ether oxygens (including phenoxy) is 1. The van der Waals surface area contributed by atoms with Gasteiger partial charge in [-0.2, -0.15) is 10.4 Å². The van der Waals surface area contributed by atoms with Crippen LogP contribution in [0.15, 0.2) is 16.2 Å². The van der Waals surface area contributed by atoms with E-state index in [2.05, 4.69) is 42.4 Å². The molecule has 31 heavy (non-hydrogen) atoms.